The van der Waals surface area contributed by atoms with Crippen molar-refractivity contribution in [2.45, 2.75) is 31.2 Å². The molecule has 0 amide bonds. The second kappa shape index (κ2) is 4.04. The van der Waals surface area contributed by atoms with Gasteiger partial charge in [0.25, 0.3) is 0 Å². The number of anilines is 1. The van der Waals surface area contributed by atoms with Gasteiger partial charge in [-0.25, -0.2) is 4.98 Å². The van der Waals surface area contributed by atoms with Crippen molar-refractivity contribution in [3.8, 4) is 0 Å². The molecule has 2 aromatic rings. The van der Waals surface area contributed by atoms with E-state index >= 15 is 0 Å². The van der Waals surface area contributed by atoms with Crippen molar-refractivity contribution in [2.75, 3.05) is 11.9 Å². The molecule has 4 heteroatoms. The second-order valence-corrected chi connectivity index (χ2v) is 4.87. The molecule has 3 rings (SSSR count). The molecule has 1 saturated carbocycles. The Labute approximate surface area is 100 Å². The Bertz CT molecular complexity index is 481. The largest absolute Gasteiger partial charge is 0.394 e. The number of benzene rings is 1. The van der Waals surface area contributed by atoms with E-state index in [0.717, 1.165) is 29.8 Å². The van der Waals surface area contributed by atoms with Gasteiger partial charge in [0.15, 0.2) is 0 Å². The van der Waals surface area contributed by atoms with Crippen molar-refractivity contribution in [2.24, 2.45) is 0 Å². The molecule has 1 aromatic heterocycles. The van der Waals surface area contributed by atoms with E-state index in [4.69, 9.17) is 0 Å². The fourth-order valence-electron chi connectivity index (χ4n) is 2.64. The van der Waals surface area contributed by atoms with Crippen molar-refractivity contribution in [3.63, 3.8) is 0 Å². The highest BCUT2D eigenvalue weighted by molar-refractivity contribution is 5.77. The second-order valence-electron chi connectivity index (χ2n) is 4.87. The molecule has 1 heterocycles. The number of fused-ring (bicyclic) bond motifs is 1. The summed E-state index contributed by atoms with van der Waals surface area (Å²) in [6.45, 7) is 0.171. The van der Waals surface area contributed by atoms with E-state index in [9.17, 15) is 5.11 Å². The zero-order valence-corrected chi connectivity index (χ0v) is 9.74. The molecule has 0 aliphatic heterocycles. The van der Waals surface area contributed by atoms with Crippen LogP contribution >= 0.6 is 0 Å². The van der Waals surface area contributed by atoms with E-state index in [0.29, 0.717) is 0 Å². The van der Waals surface area contributed by atoms with Crippen LogP contribution in [0.15, 0.2) is 24.3 Å². The Balaban J connectivity index is 1.89. The quantitative estimate of drug-likeness (QED) is 0.759. The molecule has 1 aliphatic rings. The standard InChI is InChI=1S/C13H17N3O/c17-9-13(7-3-4-8-13)16-12-14-10-5-1-2-6-11(10)15-12/h1-2,5-6,17H,3-4,7-9H2,(H2,14,15,16). The van der Waals surface area contributed by atoms with E-state index < -0.39 is 0 Å². The summed E-state index contributed by atoms with van der Waals surface area (Å²) in [6, 6.07) is 7.96. The van der Waals surface area contributed by atoms with Crippen molar-refractivity contribution in [1.29, 1.82) is 0 Å². The first-order chi connectivity index (χ1) is 8.31. The molecule has 0 bridgehead atoms. The maximum Gasteiger partial charge on any atom is 0.201 e. The lowest BCUT2D eigenvalue weighted by atomic mass is 9.99. The van der Waals surface area contributed by atoms with Crippen LogP contribution in [0.3, 0.4) is 0 Å². The van der Waals surface area contributed by atoms with Crippen LogP contribution in [0.2, 0.25) is 0 Å². The highest BCUT2D eigenvalue weighted by atomic mass is 16.3. The number of aromatic nitrogens is 2. The third-order valence-corrected chi connectivity index (χ3v) is 3.64. The van der Waals surface area contributed by atoms with Crippen molar-refractivity contribution in [3.05, 3.63) is 24.3 Å². The van der Waals surface area contributed by atoms with Gasteiger partial charge in [0.05, 0.1) is 23.2 Å². The topological polar surface area (TPSA) is 60.9 Å². The average molecular weight is 231 g/mol. The van der Waals surface area contributed by atoms with E-state index in [-0.39, 0.29) is 12.1 Å². The summed E-state index contributed by atoms with van der Waals surface area (Å²) in [6.07, 6.45) is 4.38. The Morgan fingerprint density at radius 3 is 2.76 bits per heavy atom. The molecule has 90 valence electrons. The number of hydrogen-bond acceptors (Lipinski definition) is 3. The van der Waals surface area contributed by atoms with Gasteiger partial charge in [-0.1, -0.05) is 25.0 Å². The van der Waals surface area contributed by atoms with Gasteiger partial charge in [0.2, 0.25) is 5.95 Å². The van der Waals surface area contributed by atoms with Crippen LogP contribution in [0, 0.1) is 0 Å². The molecule has 0 spiro atoms. The normalized spacial score (nSPS) is 18.6. The number of H-pyrrole nitrogens is 1. The van der Waals surface area contributed by atoms with Gasteiger partial charge in [-0.05, 0) is 25.0 Å². The first kappa shape index (κ1) is 10.6. The fourth-order valence-corrected chi connectivity index (χ4v) is 2.64. The van der Waals surface area contributed by atoms with E-state index in [1.807, 2.05) is 24.3 Å². The summed E-state index contributed by atoms with van der Waals surface area (Å²) in [5.74, 6) is 0.766. The predicted molar refractivity (Wildman–Crippen MR) is 68.0 cm³/mol. The number of hydrogen-bond donors (Lipinski definition) is 3. The highest BCUT2D eigenvalue weighted by Gasteiger charge is 2.33. The lowest BCUT2D eigenvalue weighted by Crippen LogP contribution is -2.39. The van der Waals surface area contributed by atoms with Crippen LogP contribution in [0.25, 0.3) is 11.0 Å². The van der Waals surface area contributed by atoms with Gasteiger partial charge in [-0.2, -0.15) is 0 Å². The molecular formula is C13H17N3O. The van der Waals surface area contributed by atoms with Gasteiger partial charge in [0.1, 0.15) is 0 Å². The lowest BCUT2D eigenvalue weighted by molar-refractivity contribution is 0.213. The highest BCUT2D eigenvalue weighted by Crippen LogP contribution is 2.32. The Morgan fingerprint density at radius 2 is 2.06 bits per heavy atom. The van der Waals surface area contributed by atoms with Gasteiger partial charge in [-0.3, -0.25) is 0 Å². The number of imidazole rings is 1. The van der Waals surface area contributed by atoms with Crippen LogP contribution in [-0.4, -0.2) is 27.2 Å². The summed E-state index contributed by atoms with van der Waals surface area (Å²) in [5, 5.41) is 12.9. The SMILES string of the molecule is OCC1(Nc2nc3ccccc3[nH]2)CCCC1. The summed E-state index contributed by atoms with van der Waals surface area (Å²) in [4.78, 5) is 7.74. The van der Waals surface area contributed by atoms with Crippen molar-refractivity contribution >= 4 is 17.0 Å². The van der Waals surface area contributed by atoms with Gasteiger partial charge in [-0.15, -0.1) is 0 Å². The van der Waals surface area contributed by atoms with Gasteiger partial charge < -0.3 is 15.4 Å². The maximum atomic E-state index is 9.55. The predicted octanol–water partition coefficient (Wildman–Crippen LogP) is 2.28. The molecule has 0 saturated heterocycles. The number of aliphatic hydroxyl groups is 1. The molecule has 0 atom stereocenters. The Kier molecular flexibility index (Phi) is 2.52. The molecule has 4 nitrogen and oxygen atoms in total. The number of para-hydroxylation sites is 2. The fraction of sp³-hybridized carbons (Fsp3) is 0.462. The van der Waals surface area contributed by atoms with Crippen LogP contribution in [0.1, 0.15) is 25.7 Å². The van der Waals surface area contributed by atoms with E-state index in [1.54, 1.807) is 0 Å². The zero-order valence-electron chi connectivity index (χ0n) is 9.74. The summed E-state index contributed by atoms with van der Waals surface area (Å²) in [5.41, 5.74) is 1.82. The molecule has 1 aromatic carbocycles. The number of aliphatic hydroxyl groups excluding tert-OH is 1. The summed E-state index contributed by atoms with van der Waals surface area (Å²) >= 11 is 0. The van der Waals surface area contributed by atoms with Crippen LogP contribution < -0.4 is 5.32 Å². The minimum absolute atomic E-state index is 0.171. The first-order valence-electron chi connectivity index (χ1n) is 6.15. The van der Waals surface area contributed by atoms with Gasteiger partial charge >= 0.3 is 0 Å². The van der Waals surface area contributed by atoms with Crippen LogP contribution in [-0.2, 0) is 0 Å². The summed E-state index contributed by atoms with van der Waals surface area (Å²) < 4.78 is 0. The number of rotatable bonds is 3. The minimum Gasteiger partial charge on any atom is -0.394 e. The van der Waals surface area contributed by atoms with E-state index in [2.05, 4.69) is 15.3 Å². The molecule has 0 unspecified atom stereocenters. The first-order valence-corrected chi connectivity index (χ1v) is 6.15. The zero-order chi connectivity index (χ0) is 11.7. The van der Waals surface area contributed by atoms with E-state index in [1.165, 1.54) is 12.8 Å². The monoisotopic (exact) mass is 231 g/mol. The maximum absolute atomic E-state index is 9.55. The summed E-state index contributed by atoms with van der Waals surface area (Å²) in [7, 11) is 0. The number of nitrogens with one attached hydrogen (secondary N) is 2. The van der Waals surface area contributed by atoms with Crippen molar-refractivity contribution in [1.82, 2.24) is 9.97 Å². The number of nitrogens with zero attached hydrogens (tertiary/aromatic N) is 1. The average Bonchev–Trinajstić information content (AvgIpc) is 2.95. The molecule has 3 N–H and O–H groups in total. The molecule has 0 radical (unpaired) electrons. The molecule has 1 fully saturated rings. The third kappa shape index (κ3) is 1.89. The molecule has 17 heavy (non-hydrogen) atoms. The molecular weight excluding hydrogens is 214 g/mol. The third-order valence-electron chi connectivity index (χ3n) is 3.64. The van der Waals surface area contributed by atoms with Crippen LogP contribution in [0.5, 0.6) is 0 Å². The van der Waals surface area contributed by atoms with Crippen molar-refractivity contribution < 1.29 is 5.11 Å². The van der Waals surface area contributed by atoms with Crippen LogP contribution in [0.4, 0.5) is 5.95 Å². The smallest absolute Gasteiger partial charge is 0.201 e. The van der Waals surface area contributed by atoms with Gasteiger partial charge in [0, 0.05) is 0 Å². The molecule has 1 aliphatic carbocycles. The Morgan fingerprint density at radius 1 is 1.29 bits per heavy atom. The minimum atomic E-state index is -0.173. The number of aromatic amines is 1. The Hall–Kier alpha value is -1.55. The lowest BCUT2D eigenvalue weighted by Gasteiger charge is -2.27.